The normalized spacial score (nSPS) is 18.2. The zero-order valence-electron chi connectivity index (χ0n) is 44.6. The molecule has 3 aromatic carbocycles. The number of anilines is 1. The fourth-order valence-corrected chi connectivity index (χ4v) is 12.1. The Morgan fingerprint density at radius 2 is 1.82 bits per heavy atom. The van der Waals surface area contributed by atoms with E-state index in [1.807, 2.05) is 75.8 Å². The van der Waals surface area contributed by atoms with E-state index >= 15 is 0 Å². The minimum absolute atomic E-state index is 0.00134. The van der Waals surface area contributed by atoms with Crippen LogP contribution in [0, 0.1) is 23.7 Å². The number of aryl methyl sites for hydroxylation is 4. The van der Waals surface area contributed by atoms with E-state index < -0.39 is 34.9 Å². The van der Waals surface area contributed by atoms with Crippen molar-refractivity contribution in [2.24, 2.45) is 5.41 Å². The number of carbonyl (C=O) groups excluding carboxylic acids is 5. The van der Waals surface area contributed by atoms with E-state index in [2.05, 4.69) is 79.7 Å². The number of nitrogens with one attached hydrogen (secondary N) is 3. The molecule has 2 unspecified atom stereocenters. The topological polar surface area (TPSA) is 223 Å². The standard InChI is InChI=1S/C58H69N11O6S/c1-8-38-26-44-45(58(6,7)53-50(51(44)73)43-19-16-37(29-59)25-46(43)62-53)28-47(38)67-23-21-66(22-24-67)41(33-70)12-9-11-40-31-68(65-64-40)20-10-13-49(72)63-54(57(3,4)5)56(75)69-32-42(71)27-48(69)55(74)60-30-36-14-17-39(18-15-36)52-35(2)61-34-76-52/h14-19,25-26,28,31,33-34,41-42,48,54,62,71H,8-13,20-24,27,30,32H2,1-7H3,(H,60,74)(H,63,72)/t41?,42-,48+,54?/m1/s1. The Balaban J connectivity index is 0.728. The van der Waals surface area contributed by atoms with Crippen molar-refractivity contribution in [3.8, 4) is 16.5 Å². The first kappa shape index (κ1) is 53.7. The number of aromatic amines is 1. The first-order chi connectivity index (χ1) is 36.4. The summed E-state index contributed by atoms with van der Waals surface area (Å²) in [7, 11) is 0. The number of carbonyl (C=O) groups is 5. The van der Waals surface area contributed by atoms with E-state index in [-0.39, 0.29) is 49.6 Å². The molecule has 18 heteroatoms. The fraction of sp³-hybridized carbons (Fsp3) is 0.466. The number of benzene rings is 3. The van der Waals surface area contributed by atoms with Gasteiger partial charge in [0.2, 0.25) is 17.7 Å². The maximum atomic E-state index is 14.2. The summed E-state index contributed by atoms with van der Waals surface area (Å²) in [6.45, 7) is 17.6. The van der Waals surface area contributed by atoms with Crippen molar-refractivity contribution < 1.29 is 29.1 Å². The second-order valence-electron chi connectivity index (χ2n) is 22.2. The number of H-pyrrole nitrogens is 1. The molecule has 17 nitrogen and oxygen atoms in total. The number of thiazole rings is 1. The fourth-order valence-electron chi connectivity index (χ4n) is 11.3. The Bertz CT molecular complexity index is 3190. The number of aromatic nitrogens is 5. The molecule has 0 saturated carbocycles. The van der Waals surface area contributed by atoms with Crippen LogP contribution in [0.5, 0.6) is 0 Å². The van der Waals surface area contributed by atoms with Gasteiger partial charge < -0.3 is 35.3 Å². The van der Waals surface area contributed by atoms with Gasteiger partial charge in [-0.2, -0.15) is 5.26 Å². The molecule has 3 aromatic heterocycles. The van der Waals surface area contributed by atoms with Crippen molar-refractivity contribution in [1.82, 2.24) is 45.4 Å². The lowest BCUT2D eigenvalue weighted by atomic mass is 9.70. The number of aliphatic hydroxyl groups is 1. The lowest BCUT2D eigenvalue weighted by Gasteiger charge is -2.40. The number of amides is 3. The molecular weight excluding hydrogens is 979 g/mol. The van der Waals surface area contributed by atoms with Crippen LogP contribution in [0.4, 0.5) is 5.69 Å². The number of aliphatic hydroxyl groups excluding tert-OH is 1. The highest BCUT2D eigenvalue weighted by atomic mass is 32.1. The van der Waals surface area contributed by atoms with Crippen LogP contribution >= 0.6 is 11.3 Å². The van der Waals surface area contributed by atoms with Gasteiger partial charge in [0.15, 0.2) is 5.78 Å². The molecule has 398 valence electrons. The summed E-state index contributed by atoms with van der Waals surface area (Å²) in [4.78, 5) is 82.8. The summed E-state index contributed by atoms with van der Waals surface area (Å²) < 4.78 is 1.71. The molecule has 1 aliphatic carbocycles. The van der Waals surface area contributed by atoms with Crippen LogP contribution in [0.3, 0.4) is 0 Å². The number of β-amino-alcohol motifs (C(OH)–C–C–N with tert-alkyl or cyclic N) is 1. The molecule has 3 amide bonds. The van der Waals surface area contributed by atoms with Crippen molar-refractivity contribution in [1.29, 1.82) is 5.26 Å². The number of nitriles is 1. The van der Waals surface area contributed by atoms with Gasteiger partial charge in [0.25, 0.3) is 0 Å². The summed E-state index contributed by atoms with van der Waals surface area (Å²) in [6.07, 6.45) is 5.58. The van der Waals surface area contributed by atoms with Gasteiger partial charge in [-0.05, 0) is 91.0 Å². The first-order valence-corrected chi connectivity index (χ1v) is 27.4. The Kier molecular flexibility index (Phi) is 15.7. The van der Waals surface area contributed by atoms with Gasteiger partial charge in [-0.15, -0.1) is 16.4 Å². The lowest BCUT2D eigenvalue weighted by molar-refractivity contribution is -0.144. The number of ketones is 1. The molecule has 2 aliphatic heterocycles. The quantitative estimate of drug-likeness (QED) is 0.0653. The van der Waals surface area contributed by atoms with E-state index in [0.717, 1.165) is 112 Å². The summed E-state index contributed by atoms with van der Waals surface area (Å²) in [5, 5.41) is 35.6. The molecule has 4 N–H and O–H groups in total. The van der Waals surface area contributed by atoms with E-state index in [0.29, 0.717) is 36.9 Å². The molecule has 9 rings (SSSR count). The molecule has 0 spiro atoms. The van der Waals surface area contributed by atoms with Crippen LogP contribution in [0.1, 0.15) is 129 Å². The van der Waals surface area contributed by atoms with Crippen LogP contribution in [-0.2, 0) is 50.5 Å². The van der Waals surface area contributed by atoms with E-state index in [1.165, 1.54) is 4.90 Å². The van der Waals surface area contributed by atoms with Gasteiger partial charge in [0, 0.05) is 98.1 Å². The minimum atomic E-state index is -0.928. The third kappa shape index (κ3) is 11.1. The minimum Gasteiger partial charge on any atom is -0.391 e. The number of hydrogen-bond donors (Lipinski definition) is 4. The van der Waals surface area contributed by atoms with E-state index in [1.54, 1.807) is 22.1 Å². The molecule has 3 aliphatic rings. The van der Waals surface area contributed by atoms with Crippen LogP contribution in [0.25, 0.3) is 21.3 Å². The Morgan fingerprint density at radius 3 is 2.50 bits per heavy atom. The number of piperazine rings is 1. The number of hydrogen-bond acceptors (Lipinski definition) is 13. The second-order valence-corrected chi connectivity index (χ2v) is 23.1. The molecule has 4 atom stereocenters. The Labute approximate surface area is 448 Å². The van der Waals surface area contributed by atoms with Crippen molar-refractivity contribution in [2.75, 3.05) is 37.6 Å². The van der Waals surface area contributed by atoms with Crippen molar-refractivity contribution in [3.05, 3.63) is 117 Å². The smallest absolute Gasteiger partial charge is 0.246 e. The molecule has 0 bridgehead atoms. The number of nitrogens with zero attached hydrogens (tertiary/aromatic N) is 8. The SMILES string of the molecule is CCc1cc2c(cc1N1CCN(C(C=O)CCCc3cn(CCCC(=O)NC(C(=O)N4C[C@H](O)C[C@H]4C(=O)NCc4ccc(-c5scnc5C)cc4)C(C)(C)C)nn3)CC1)C(C)(C)c1[nH]c3cc(C#N)ccc3c1C2=O. The zero-order chi connectivity index (χ0) is 54.1. The average Bonchev–Trinajstić information content (AvgIpc) is 4.23. The Hall–Kier alpha value is -7.07. The van der Waals surface area contributed by atoms with E-state index in [9.17, 15) is 34.3 Å². The summed E-state index contributed by atoms with van der Waals surface area (Å²) >= 11 is 1.57. The molecule has 2 fully saturated rings. The first-order valence-electron chi connectivity index (χ1n) is 26.5. The van der Waals surface area contributed by atoms with Crippen molar-refractivity contribution >= 4 is 57.7 Å². The predicted octanol–water partition coefficient (Wildman–Crippen LogP) is 6.80. The summed E-state index contributed by atoms with van der Waals surface area (Å²) in [5.74, 6) is -1.07. The molecule has 6 aromatic rings. The zero-order valence-corrected chi connectivity index (χ0v) is 45.4. The second kappa shape index (κ2) is 22.3. The van der Waals surface area contributed by atoms with Gasteiger partial charge in [-0.25, -0.2) is 4.98 Å². The summed E-state index contributed by atoms with van der Waals surface area (Å²) in [6, 6.07) is 17.8. The van der Waals surface area contributed by atoms with Gasteiger partial charge in [0.1, 0.15) is 18.4 Å². The number of fused-ring (bicyclic) bond motifs is 4. The van der Waals surface area contributed by atoms with Crippen molar-refractivity contribution in [3.63, 3.8) is 0 Å². The van der Waals surface area contributed by atoms with Gasteiger partial charge in [-0.1, -0.05) is 77.1 Å². The third-order valence-corrected chi connectivity index (χ3v) is 16.6. The molecule has 5 heterocycles. The van der Waals surface area contributed by atoms with Crippen molar-refractivity contribution in [2.45, 2.75) is 136 Å². The van der Waals surface area contributed by atoms with Gasteiger partial charge in [-0.3, -0.25) is 28.8 Å². The van der Waals surface area contributed by atoms with Crippen LogP contribution in [-0.4, -0.2) is 127 Å². The lowest BCUT2D eigenvalue weighted by Crippen LogP contribution is -2.57. The Morgan fingerprint density at radius 1 is 1.05 bits per heavy atom. The van der Waals surface area contributed by atoms with Gasteiger partial charge in [0.05, 0.1) is 51.1 Å². The predicted molar refractivity (Wildman–Crippen MR) is 292 cm³/mol. The van der Waals surface area contributed by atoms with E-state index in [4.69, 9.17) is 0 Å². The monoisotopic (exact) mass is 1050 g/mol. The molecule has 76 heavy (non-hydrogen) atoms. The number of likely N-dealkylation sites (tertiary alicyclic amines) is 1. The van der Waals surface area contributed by atoms with Gasteiger partial charge >= 0.3 is 0 Å². The third-order valence-electron chi connectivity index (χ3n) is 15.6. The summed E-state index contributed by atoms with van der Waals surface area (Å²) in [5.41, 5.74) is 11.2. The number of rotatable bonds is 18. The molecule has 2 saturated heterocycles. The molecular formula is C58H69N11O6S. The molecule has 0 radical (unpaired) electrons. The highest BCUT2D eigenvalue weighted by Gasteiger charge is 2.45. The largest absolute Gasteiger partial charge is 0.391 e. The average molecular weight is 1050 g/mol. The van der Waals surface area contributed by atoms with Crippen LogP contribution < -0.4 is 15.5 Å². The maximum Gasteiger partial charge on any atom is 0.246 e. The van der Waals surface area contributed by atoms with Crippen LogP contribution in [0.15, 0.2) is 66.3 Å². The highest BCUT2D eigenvalue weighted by molar-refractivity contribution is 7.13. The maximum absolute atomic E-state index is 14.2. The van der Waals surface area contributed by atoms with Crippen LogP contribution in [0.2, 0.25) is 0 Å². The highest BCUT2D eigenvalue weighted by Crippen LogP contribution is 2.46. The number of aldehydes is 1.